The molecule has 0 amide bonds. The first kappa shape index (κ1) is 19.6. The van der Waals surface area contributed by atoms with E-state index in [-0.39, 0.29) is 24.1 Å². The summed E-state index contributed by atoms with van der Waals surface area (Å²) in [5.74, 6) is 0.00494. The maximum absolute atomic E-state index is 9.72. The van der Waals surface area contributed by atoms with E-state index in [9.17, 15) is 5.26 Å². The number of nitriles is 1. The molecular formula is C25H24BNO2S. The van der Waals surface area contributed by atoms with Crippen molar-refractivity contribution < 1.29 is 9.31 Å². The van der Waals surface area contributed by atoms with Gasteiger partial charge in [-0.1, -0.05) is 42.5 Å². The lowest BCUT2D eigenvalue weighted by Gasteiger charge is -2.32. The summed E-state index contributed by atoms with van der Waals surface area (Å²) in [5, 5.41) is 12.3. The van der Waals surface area contributed by atoms with Crippen LogP contribution >= 0.6 is 11.3 Å². The van der Waals surface area contributed by atoms with Gasteiger partial charge in [-0.15, -0.1) is 11.3 Å². The number of allylic oxidation sites excluding steroid dienone is 4. The number of benzene rings is 2. The number of thiophene rings is 1. The zero-order valence-electron chi connectivity index (χ0n) is 17.7. The van der Waals surface area contributed by atoms with Crippen molar-refractivity contribution in [3.05, 3.63) is 65.8 Å². The molecule has 1 saturated heterocycles. The fourth-order valence-corrected chi connectivity index (χ4v) is 5.53. The molecule has 2 aromatic carbocycles. The highest BCUT2D eigenvalue weighted by Crippen LogP contribution is 2.45. The molecule has 150 valence electrons. The lowest BCUT2D eigenvalue weighted by Crippen LogP contribution is -2.41. The molecule has 0 bridgehead atoms. The normalized spacial score (nSPS) is 22.8. The van der Waals surface area contributed by atoms with Gasteiger partial charge in [0.2, 0.25) is 0 Å². The van der Waals surface area contributed by atoms with Gasteiger partial charge in [-0.2, -0.15) is 5.26 Å². The van der Waals surface area contributed by atoms with Crippen LogP contribution in [0.15, 0.2) is 60.2 Å². The molecule has 2 aliphatic rings. The lowest BCUT2D eigenvalue weighted by molar-refractivity contribution is 0.00578. The van der Waals surface area contributed by atoms with Gasteiger partial charge < -0.3 is 9.31 Å². The second-order valence-corrected chi connectivity index (χ2v) is 10.2. The van der Waals surface area contributed by atoms with Crippen LogP contribution in [0.25, 0.3) is 25.7 Å². The van der Waals surface area contributed by atoms with Crippen molar-refractivity contribution in [3.63, 3.8) is 0 Å². The topological polar surface area (TPSA) is 42.2 Å². The van der Waals surface area contributed by atoms with Crippen LogP contribution in [0.3, 0.4) is 0 Å². The molecule has 3 aromatic rings. The Bertz CT molecular complexity index is 1250. The Morgan fingerprint density at radius 3 is 2.43 bits per heavy atom. The zero-order valence-corrected chi connectivity index (χ0v) is 18.5. The van der Waals surface area contributed by atoms with Gasteiger partial charge in [0.1, 0.15) is 0 Å². The summed E-state index contributed by atoms with van der Waals surface area (Å²) in [6.07, 6.45) is 4.91. The van der Waals surface area contributed by atoms with E-state index in [0.29, 0.717) is 6.42 Å². The Kier molecular flexibility index (Phi) is 4.45. The fraction of sp³-hybridized carbons (Fsp3) is 0.320. The van der Waals surface area contributed by atoms with Crippen LogP contribution in [-0.4, -0.2) is 18.3 Å². The van der Waals surface area contributed by atoms with Crippen LogP contribution < -0.4 is 0 Å². The molecule has 30 heavy (non-hydrogen) atoms. The van der Waals surface area contributed by atoms with Crippen molar-refractivity contribution in [2.24, 2.45) is 0 Å². The maximum atomic E-state index is 9.72. The summed E-state index contributed by atoms with van der Waals surface area (Å²) in [5.41, 5.74) is 2.25. The molecule has 1 fully saturated rings. The van der Waals surface area contributed by atoms with Gasteiger partial charge in [-0.25, -0.2) is 0 Å². The van der Waals surface area contributed by atoms with Gasteiger partial charge in [-0.05, 0) is 57.4 Å². The van der Waals surface area contributed by atoms with Gasteiger partial charge >= 0.3 is 7.12 Å². The summed E-state index contributed by atoms with van der Waals surface area (Å²) in [6.45, 7) is 8.28. The molecule has 5 rings (SSSR count). The third-order valence-electron chi connectivity index (χ3n) is 6.66. The molecule has 1 atom stereocenters. The van der Waals surface area contributed by atoms with Crippen LogP contribution in [0, 0.1) is 11.3 Å². The predicted octanol–water partition coefficient (Wildman–Crippen LogP) is 6.75. The Balaban J connectivity index is 1.61. The molecule has 5 heteroatoms. The minimum Gasteiger partial charge on any atom is -0.403 e. The average molecular weight is 413 g/mol. The molecule has 0 N–H and O–H groups in total. The van der Waals surface area contributed by atoms with Crippen LogP contribution in [0.2, 0.25) is 5.82 Å². The number of hydrogen-bond donors (Lipinski definition) is 0. The second kappa shape index (κ2) is 6.82. The highest BCUT2D eigenvalue weighted by Gasteiger charge is 2.53. The van der Waals surface area contributed by atoms with E-state index in [1.54, 1.807) is 0 Å². The summed E-state index contributed by atoms with van der Waals surface area (Å²) >= 11 is 1.81. The zero-order chi connectivity index (χ0) is 21.1. The average Bonchev–Trinajstić information content (AvgIpc) is 3.21. The van der Waals surface area contributed by atoms with E-state index in [1.807, 2.05) is 17.4 Å². The standard InChI is InChI=1S/C25H24BNO2S/c1-24(2)25(3,4)29-26(28-24)18-13-16(15-27)12-17(14-18)19-9-7-10-21-20-8-5-6-11-22(20)30-23(19)21/h5-12,14,18H,13H2,1-4H3. The number of nitrogens with zero attached hydrogens (tertiary/aromatic N) is 1. The SMILES string of the molecule is CC1(C)OB(C2C=C(c3cccc4c3sc3ccccc34)C=C(C#N)C2)OC1(C)C. The molecule has 1 aromatic heterocycles. The second-order valence-electron chi connectivity index (χ2n) is 9.18. The first-order chi connectivity index (χ1) is 14.3. The maximum Gasteiger partial charge on any atom is 0.465 e. The highest BCUT2D eigenvalue weighted by molar-refractivity contribution is 7.26. The Morgan fingerprint density at radius 1 is 1.00 bits per heavy atom. The Hall–Kier alpha value is -2.39. The number of fused-ring (bicyclic) bond motifs is 3. The van der Waals surface area contributed by atoms with E-state index in [1.165, 1.54) is 25.7 Å². The van der Waals surface area contributed by atoms with E-state index < -0.39 is 0 Å². The molecule has 0 saturated carbocycles. The largest absolute Gasteiger partial charge is 0.465 e. The molecule has 1 unspecified atom stereocenters. The molecule has 0 radical (unpaired) electrons. The van der Waals surface area contributed by atoms with Crippen molar-refractivity contribution in [1.29, 1.82) is 5.26 Å². The Morgan fingerprint density at radius 2 is 1.70 bits per heavy atom. The predicted molar refractivity (Wildman–Crippen MR) is 125 cm³/mol. The van der Waals surface area contributed by atoms with E-state index in [0.717, 1.165) is 11.1 Å². The van der Waals surface area contributed by atoms with E-state index in [4.69, 9.17) is 9.31 Å². The van der Waals surface area contributed by atoms with Crippen LogP contribution in [0.5, 0.6) is 0 Å². The molecule has 3 nitrogen and oxygen atoms in total. The molecular weight excluding hydrogens is 389 g/mol. The monoisotopic (exact) mass is 413 g/mol. The summed E-state index contributed by atoms with van der Waals surface area (Å²) in [7, 11) is -0.358. The lowest BCUT2D eigenvalue weighted by atomic mass is 9.65. The van der Waals surface area contributed by atoms with Crippen molar-refractivity contribution in [3.8, 4) is 6.07 Å². The minimum atomic E-state index is -0.384. The van der Waals surface area contributed by atoms with Crippen LogP contribution in [0.1, 0.15) is 39.7 Å². The van der Waals surface area contributed by atoms with Crippen molar-refractivity contribution in [2.75, 3.05) is 0 Å². The highest BCUT2D eigenvalue weighted by atomic mass is 32.1. The third kappa shape index (κ3) is 3.03. The first-order valence-corrected chi connectivity index (χ1v) is 11.2. The quantitative estimate of drug-likeness (QED) is 0.436. The van der Waals surface area contributed by atoms with Gasteiger partial charge in [0.15, 0.2) is 0 Å². The molecule has 2 heterocycles. The summed E-state index contributed by atoms with van der Waals surface area (Å²) in [4.78, 5) is 0. The van der Waals surface area contributed by atoms with Gasteiger partial charge in [-0.3, -0.25) is 0 Å². The van der Waals surface area contributed by atoms with Crippen molar-refractivity contribution in [1.82, 2.24) is 0 Å². The third-order valence-corrected chi connectivity index (χ3v) is 7.88. The molecule has 1 aliphatic carbocycles. The summed E-state index contributed by atoms with van der Waals surface area (Å²) < 4.78 is 15.2. The van der Waals surface area contributed by atoms with Gasteiger partial charge in [0.05, 0.1) is 17.3 Å². The van der Waals surface area contributed by atoms with E-state index >= 15 is 0 Å². The van der Waals surface area contributed by atoms with Crippen LogP contribution in [-0.2, 0) is 9.31 Å². The molecule has 0 spiro atoms. The smallest absolute Gasteiger partial charge is 0.403 e. The minimum absolute atomic E-state index is 0.00494. The fourth-order valence-electron chi connectivity index (χ4n) is 4.30. The molecule has 1 aliphatic heterocycles. The van der Waals surface area contributed by atoms with Crippen LogP contribution in [0.4, 0.5) is 0 Å². The van der Waals surface area contributed by atoms with Crippen molar-refractivity contribution >= 4 is 44.2 Å². The van der Waals surface area contributed by atoms with Crippen molar-refractivity contribution in [2.45, 2.75) is 51.1 Å². The van der Waals surface area contributed by atoms with E-state index in [2.05, 4.69) is 82.3 Å². The first-order valence-electron chi connectivity index (χ1n) is 10.4. The van der Waals surface area contributed by atoms with Gasteiger partial charge in [0.25, 0.3) is 0 Å². The Labute approximate surface area is 181 Å². The van der Waals surface area contributed by atoms with Gasteiger partial charge in [0, 0.05) is 31.6 Å². The number of rotatable bonds is 2. The summed E-state index contributed by atoms with van der Waals surface area (Å²) in [6, 6.07) is 17.3. The number of hydrogen-bond acceptors (Lipinski definition) is 4.